The summed E-state index contributed by atoms with van der Waals surface area (Å²) in [4.78, 5) is 27.1. The molecule has 3 amide bonds. The number of nitrogens with zero attached hydrogens (tertiary/aromatic N) is 1. The van der Waals surface area contributed by atoms with Crippen LogP contribution in [0.2, 0.25) is 0 Å². The van der Waals surface area contributed by atoms with Crippen LogP contribution in [0.1, 0.15) is 32.8 Å². The predicted octanol–water partition coefficient (Wildman–Crippen LogP) is 2.20. The second-order valence-corrected chi connectivity index (χ2v) is 6.59. The van der Waals surface area contributed by atoms with Crippen LogP contribution in [-0.2, 0) is 0 Å². The van der Waals surface area contributed by atoms with E-state index in [0.717, 1.165) is 4.88 Å². The van der Waals surface area contributed by atoms with Crippen LogP contribution in [0.15, 0.2) is 28.0 Å². The molecule has 1 atom stereocenters. The summed E-state index contributed by atoms with van der Waals surface area (Å²) in [6.07, 6.45) is 0. The van der Waals surface area contributed by atoms with Gasteiger partial charge in [-0.15, -0.1) is 11.3 Å². The van der Waals surface area contributed by atoms with E-state index in [-0.39, 0.29) is 6.04 Å². The molecule has 24 heavy (non-hydrogen) atoms. The van der Waals surface area contributed by atoms with E-state index in [0.29, 0.717) is 23.6 Å². The Balaban J connectivity index is 1.82. The number of nitrogens with one attached hydrogen (secondary N) is 3. The molecule has 0 saturated carbocycles. The van der Waals surface area contributed by atoms with Gasteiger partial charge in [0.1, 0.15) is 11.5 Å². The average molecular weight is 350 g/mol. The number of carbonyl (C=O) groups excluding carboxylic acids is 2. The number of thiophene rings is 1. The standard InChI is InChI=1S/C16H22N4O3S/c1-10-8-12(11(2)23-10)15(21)18-19-16(22)17-9-13(20(3)4)14-6-5-7-24-14/h5-8,13H,9H2,1-4H3,(H,18,21)(H2,17,19,22). The molecule has 2 aromatic heterocycles. The molecule has 2 heterocycles. The molecular weight excluding hydrogens is 328 g/mol. The van der Waals surface area contributed by atoms with Crippen LogP contribution in [0, 0.1) is 13.8 Å². The molecule has 0 spiro atoms. The minimum absolute atomic E-state index is 0.0743. The van der Waals surface area contributed by atoms with Crippen molar-refractivity contribution in [2.24, 2.45) is 0 Å². The number of carbonyl (C=O) groups is 2. The van der Waals surface area contributed by atoms with Gasteiger partial charge >= 0.3 is 6.03 Å². The van der Waals surface area contributed by atoms with Crippen molar-refractivity contribution in [3.8, 4) is 0 Å². The number of likely N-dealkylation sites (N-methyl/N-ethyl adjacent to an activating group) is 1. The van der Waals surface area contributed by atoms with Crippen molar-refractivity contribution in [2.75, 3.05) is 20.6 Å². The minimum Gasteiger partial charge on any atom is -0.466 e. The molecule has 0 aliphatic heterocycles. The molecule has 2 rings (SSSR count). The lowest BCUT2D eigenvalue weighted by atomic mass is 10.2. The number of amides is 3. The van der Waals surface area contributed by atoms with Gasteiger partial charge in [0.15, 0.2) is 0 Å². The topological polar surface area (TPSA) is 86.6 Å². The van der Waals surface area contributed by atoms with Crippen LogP contribution in [0.25, 0.3) is 0 Å². The molecule has 130 valence electrons. The fraction of sp³-hybridized carbons (Fsp3) is 0.375. The van der Waals surface area contributed by atoms with Crippen molar-refractivity contribution in [1.29, 1.82) is 0 Å². The first-order chi connectivity index (χ1) is 11.4. The lowest BCUT2D eigenvalue weighted by Crippen LogP contribution is -2.48. The van der Waals surface area contributed by atoms with E-state index in [2.05, 4.69) is 16.2 Å². The number of urea groups is 1. The van der Waals surface area contributed by atoms with Gasteiger partial charge in [-0.3, -0.25) is 10.2 Å². The average Bonchev–Trinajstić information content (AvgIpc) is 3.14. The van der Waals surface area contributed by atoms with Gasteiger partial charge in [-0.25, -0.2) is 10.2 Å². The normalized spacial score (nSPS) is 12.0. The minimum atomic E-state index is -0.468. The Bertz CT molecular complexity index is 694. The summed E-state index contributed by atoms with van der Waals surface area (Å²) in [6, 6.07) is 5.24. The van der Waals surface area contributed by atoms with Gasteiger partial charge in [0, 0.05) is 11.4 Å². The molecule has 7 nitrogen and oxygen atoms in total. The van der Waals surface area contributed by atoms with E-state index >= 15 is 0 Å². The van der Waals surface area contributed by atoms with E-state index in [4.69, 9.17) is 4.42 Å². The summed E-state index contributed by atoms with van der Waals surface area (Å²) < 4.78 is 5.30. The largest absolute Gasteiger partial charge is 0.466 e. The van der Waals surface area contributed by atoms with Gasteiger partial charge in [-0.2, -0.15) is 0 Å². The van der Waals surface area contributed by atoms with Crippen LogP contribution in [0.3, 0.4) is 0 Å². The van der Waals surface area contributed by atoms with Crippen molar-refractivity contribution < 1.29 is 14.0 Å². The van der Waals surface area contributed by atoms with Crippen LogP contribution in [0.5, 0.6) is 0 Å². The molecule has 0 radical (unpaired) electrons. The highest BCUT2D eigenvalue weighted by Crippen LogP contribution is 2.22. The fourth-order valence-corrected chi connectivity index (χ4v) is 3.21. The first-order valence-corrected chi connectivity index (χ1v) is 8.37. The van der Waals surface area contributed by atoms with Crippen molar-refractivity contribution in [3.05, 3.63) is 45.5 Å². The van der Waals surface area contributed by atoms with Gasteiger partial charge in [-0.05, 0) is 45.5 Å². The maximum atomic E-state index is 12.0. The van der Waals surface area contributed by atoms with Gasteiger partial charge in [0.2, 0.25) is 0 Å². The third-order valence-electron chi connectivity index (χ3n) is 3.53. The lowest BCUT2D eigenvalue weighted by Gasteiger charge is -2.23. The summed E-state index contributed by atoms with van der Waals surface area (Å²) in [7, 11) is 3.91. The Morgan fingerprint density at radius 2 is 2.04 bits per heavy atom. The molecule has 0 bridgehead atoms. The maximum absolute atomic E-state index is 12.0. The SMILES string of the molecule is Cc1cc(C(=O)NNC(=O)NCC(c2cccs2)N(C)C)c(C)o1. The Hall–Kier alpha value is -2.32. The van der Waals surface area contributed by atoms with E-state index < -0.39 is 11.9 Å². The Morgan fingerprint density at radius 1 is 1.29 bits per heavy atom. The number of furan rings is 1. The molecule has 2 aromatic rings. The molecule has 0 aliphatic rings. The Morgan fingerprint density at radius 3 is 2.58 bits per heavy atom. The summed E-state index contributed by atoms with van der Waals surface area (Å²) in [5.74, 6) is 0.742. The third-order valence-corrected chi connectivity index (χ3v) is 4.50. The zero-order valence-electron chi connectivity index (χ0n) is 14.2. The highest BCUT2D eigenvalue weighted by atomic mass is 32.1. The van der Waals surface area contributed by atoms with Crippen LogP contribution < -0.4 is 16.2 Å². The first-order valence-electron chi connectivity index (χ1n) is 7.49. The van der Waals surface area contributed by atoms with Gasteiger partial charge in [0.25, 0.3) is 5.91 Å². The number of hydrogen-bond donors (Lipinski definition) is 3. The molecule has 0 fully saturated rings. The second-order valence-electron chi connectivity index (χ2n) is 5.61. The van der Waals surface area contributed by atoms with E-state index in [1.807, 2.05) is 36.5 Å². The Labute approximate surface area is 145 Å². The third kappa shape index (κ3) is 4.59. The van der Waals surface area contributed by atoms with E-state index in [9.17, 15) is 9.59 Å². The summed E-state index contributed by atoms with van der Waals surface area (Å²) in [6.45, 7) is 3.89. The van der Waals surface area contributed by atoms with Crippen LogP contribution in [0.4, 0.5) is 4.79 Å². The number of hydrazine groups is 1. The van der Waals surface area contributed by atoms with E-state index in [1.54, 1.807) is 31.3 Å². The van der Waals surface area contributed by atoms with Crippen LogP contribution in [-0.4, -0.2) is 37.5 Å². The molecule has 0 saturated heterocycles. The highest BCUT2D eigenvalue weighted by molar-refractivity contribution is 7.10. The van der Waals surface area contributed by atoms with Gasteiger partial charge in [-0.1, -0.05) is 6.07 Å². The van der Waals surface area contributed by atoms with Crippen LogP contribution >= 0.6 is 11.3 Å². The number of rotatable bonds is 5. The molecule has 3 N–H and O–H groups in total. The van der Waals surface area contributed by atoms with Gasteiger partial charge in [0.05, 0.1) is 11.6 Å². The second kappa shape index (κ2) is 7.98. The van der Waals surface area contributed by atoms with Crippen molar-refractivity contribution in [3.63, 3.8) is 0 Å². The molecular formula is C16H22N4O3S. The maximum Gasteiger partial charge on any atom is 0.333 e. The van der Waals surface area contributed by atoms with Crippen molar-refractivity contribution >= 4 is 23.3 Å². The monoisotopic (exact) mass is 350 g/mol. The predicted molar refractivity (Wildman–Crippen MR) is 92.9 cm³/mol. The summed E-state index contributed by atoms with van der Waals surface area (Å²) in [5.41, 5.74) is 5.12. The van der Waals surface area contributed by atoms with E-state index in [1.165, 1.54) is 0 Å². The summed E-state index contributed by atoms with van der Waals surface area (Å²) in [5, 5.41) is 4.76. The lowest BCUT2D eigenvalue weighted by molar-refractivity contribution is 0.0934. The quantitative estimate of drug-likeness (QED) is 0.722. The first kappa shape index (κ1) is 18.0. The molecule has 0 aliphatic carbocycles. The molecule has 0 aromatic carbocycles. The smallest absolute Gasteiger partial charge is 0.333 e. The zero-order valence-corrected chi connectivity index (χ0v) is 15.0. The van der Waals surface area contributed by atoms with Crippen molar-refractivity contribution in [1.82, 2.24) is 21.1 Å². The molecule has 1 unspecified atom stereocenters. The highest BCUT2D eigenvalue weighted by Gasteiger charge is 2.17. The number of aryl methyl sites for hydroxylation is 2. The Kier molecular flexibility index (Phi) is 5.99. The number of hydrogen-bond acceptors (Lipinski definition) is 5. The van der Waals surface area contributed by atoms with Crippen molar-refractivity contribution in [2.45, 2.75) is 19.9 Å². The fourth-order valence-electron chi connectivity index (χ4n) is 2.29. The van der Waals surface area contributed by atoms with Gasteiger partial charge < -0.3 is 14.6 Å². The molecule has 8 heteroatoms. The zero-order chi connectivity index (χ0) is 17.7. The summed E-state index contributed by atoms with van der Waals surface area (Å²) >= 11 is 1.64.